The van der Waals surface area contributed by atoms with Crippen molar-refractivity contribution < 1.29 is 0 Å². The molecule has 0 N–H and O–H groups in total. The molecule has 0 spiro atoms. The molecule has 0 aliphatic heterocycles. The van der Waals surface area contributed by atoms with E-state index >= 15 is 0 Å². The van der Waals surface area contributed by atoms with Gasteiger partial charge in [-0.2, -0.15) is 0 Å². The molecule has 286 valence electrons. The van der Waals surface area contributed by atoms with Crippen LogP contribution in [-0.2, 0) is 0 Å². The van der Waals surface area contributed by atoms with E-state index in [9.17, 15) is 0 Å². The highest BCUT2D eigenvalue weighted by Crippen LogP contribution is 2.42. The Hall–Kier alpha value is -7.79. The molecule has 0 bridgehead atoms. The van der Waals surface area contributed by atoms with Gasteiger partial charge in [0.15, 0.2) is 25.5 Å². The second-order valence-electron chi connectivity index (χ2n) is 15.5. The molecule has 10 aromatic carbocycles. The van der Waals surface area contributed by atoms with Crippen LogP contribution in [0.3, 0.4) is 0 Å². The molecular weight excluding hydrogens is 755 g/mol. The zero-order valence-corrected chi connectivity index (χ0v) is 34.4. The molecule has 0 saturated carbocycles. The molecule has 61 heavy (non-hydrogen) atoms. The van der Waals surface area contributed by atoms with Crippen molar-refractivity contribution in [2.45, 2.75) is 0 Å². The van der Waals surface area contributed by atoms with Gasteiger partial charge in [0.25, 0.3) is 0 Å². The third-order valence-electron chi connectivity index (χ3n) is 12.1. The summed E-state index contributed by atoms with van der Waals surface area (Å²) < 4.78 is 0. The maximum atomic E-state index is 5.30. The number of fused-ring (bicyclic) bond motifs is 6. The molecule has 0 saturated heterocycles. The molecule has 0 aliphatic carbocycles. The first-order valence-corrected chi connectivity index (χ1v) is 22.8. The third kappa shape index (κ3) is 6.33. The molecule has 0 radical (unpaired) electrons. The van der Waals surface area contributed by atoms with E-state index < -0.39 is 8.07 Å². The number of benzene rings is 10. The van der Waals surface area contributed by atoms with Crippen LogP contribution in [0.25, 0.3) is 77.6 Å². The Morgan fingerprint density at radius 2 is 0.607 bits per heavy atom. The van der Waals surface area contributed by atoms with E-state index in [0.29, 0.717) is 17.5 Å². The fourth-order valence-electron chi connectivity index (χ4n) is 9.28. The van der Waals surface area contributed by atoms with Gasteiger partial charge < -0.3 is 0 Å². The van der Waals surface area contributed by atoms with Crippen molar-refractivity contribution in [3.8, 4) is 45.3 Å². The Kier molecular flexibility index (Phi) is 9.18. The minimum Gasteiger partial charge on any atom is -0.208 e. The van der Waals surface area contributed by atoms with Gasteiger partial charge in [0.2, 0.25) is 0 Å². The number of aromatic nitrogens is 3. The van der Waals surface area contributed by atoms with Crippen molar-refractivity contribution in [3.63, 3.8) is 0 Å². The zero-order chi connectivity index (χ0) is 40.6. The second kappa shape index (κ2) is 15.4. The van der Waals surface area contributed by atoms with Crippen molar-refractivity contribution in [3.05, 3.63) is 237 Å². The minimum absolute atomic E-state index is 0.639. The summed E-state index contributed by atoms with van der Waals surface area (Å²) in [6.07, 6.45) is 0. The van der Waals surface area contributed by atoms with Gasteiger partial charge in [-0.3, -0.25) is 0 Å². The van der Waals surface area contributed by atoms with Crippen LogP contribution in [-0.4, -0.2) is 23.0 Å². The third-order valence-corrected chi connectivity index (χ3v) is 16.9. The average Bonchev–Trinajstić information content (AvgIpc) is 3.35. The van der Waals surface area contributed by atoms with Crippen LogP contribution in [0.2, 0.25) is 0 Å². The van der Waals surface area contributed by atoms with Crippen LogP contribution in [0.4, 0.5) is 0 Å². The summed E-state index contributed by atoms with van der Waals surface area (Å²) in [7, 11) is -2.70. The van der Waals surface area contributed by atoms with Crippen molar-refractivity contribution in [2.75, 3.05) is 0 Å². The van der Waals surface area contributed by atoms with Gasteiger partial charge in [-0.15, -0.1) is 0 Å². The van der Waals surface area contributed by atoms with E-state index in [4.69, 9.17) is 15.0 Å². The molecule has 1 heterocycles. The molecule has 3 nitrogen and oxygen atoms in total. The highest BCUT2D eigenvalue weighted by atomic mass is 28.3. The van der Waals surface area contributed by atoms with Crippen molar-refractivity contribution >= 4 is 61.1 Å². The molecule has 0 amide bonds. The molecule has 0 aliphatic rings. The van der Waals surface area contributed by atoms with Crippen LogP contribution >= 0.6 is 0 Å². The smallest absolute Gasteiger partial charge is 0.179 e. The highest BCUT2D eigenvalue weighted by molar-refractivity contribution is 7.19. The lowest BCUT2D eigenvalue weighted by Crippen LogP contribution is -2.74. The SMILES string of the molecule is c1ccc(-c2nc(-c3ccccc3)nc(-c3cc(-c4ccc([Si](c5ccccc5)(c5ccccc5)c5ccccc5)cc4)cc4c5ccccc5c5ccccc5c34)n2)cc1. The van der Waals surface area contributed by atoms with Crippen LogP contribution in [0, 0.1) is 0 Å². The van der Waals surface area contributed by atoms with Gasteiger partial charge in [-0.05, 0) is 70.9 Å². The largest absolute Gasteiger partial charge is 0.208 e. The summed E-state index contributed by atoms with van der Waals surface area (Å²) in [5.41, 5.74) is 5.08. The van der Waals surface area contributed by atoms with Gasteiger partial charge in [-0.1, -0.05) is 224 Å². The molecular formula is C57H39N3Si. The highest BCUT2D eigenvalue weighted by Gasteiger charge is 2.41. The van der Waals surface area contributed by atoms with E-state index in [1.165, 1.54) is 42.3 Å². The Morgan fingerprint density at radius 3 is 1.08 bits per heavy atom. The molecule has 1 aromatic heterocycles. The average molecular weight is 794 g/mol. The Morgan fingerprint density at radius 1 is 0.246 bits per heavy atom. The molecule has 0 atom stereocenters. The number of hydrogen-bond acceptors (Lipinski definition) is 3. The minimum atomic E-state index is -2.70. The summed E-state index contributed by atoms with van der Waals surface area (Å²) in [6.45, 7) is 0. The van der Waals surface area contributed by atoms with Crippen LogP contribution in [0.1, 0.15) is 0 Å². The Balaban J connectivity index is 1.18. The summed E-state index contributed by atoms with van der Waals surface area (Å²) >= 11 is 0. The van der Waals surface area contributed by atoms with E-state index in [0.717, 1.165) is 38.6 Å². The van der Waals surface area contributed by atoms with E-state index in [1.807, 2.05) is 36.4 Å². The Bertz CT molecular complexity index is 3170. The maximum absolute atomic E-state index is 5.30. The lowest BCUT2D eigenvalue weighted by atomic mass is 9.88. The molecule has 11 rings (SSSR count). The standard InChI is InChI=1S/C57H39N3Si/c1-6-20-41(21-7-1)55-58-56(42-22-8-2-9-23-42)60-57(59-55)53-39-43(38-52-50-32-17-16-30-48(50)49-31-18-19-33-51(49)54(52)53)40-34-36-47(37-35-40)61(44-24-10-3-11-25-44,45-26-12-4-13-27-45)46-28-14-5-15-29-46/h1-39H. The van der Waals surface area contributed by atoms with Crippen molar-refractivity contribution in [1.29, 1.82) is 0 Å². The van der Waals surface area contributed by atoms with E-state index in [2.05, 4.69) is 200 Å². The monoisotopic (exact) mass is 793 g/mol. The topological polar surface area (TPSA) is 38.7 Å². The fourth-order valence-corrected chi connectivity index (χ4v) is 14.0. The van der Waals surface area contributed by atoms with E-state index in [-0.39, 0.29) is 0 Å². The molecule has 4 heteroatoms. The lowest BCUT2D eigenvalue weighted by molar-refractivity contribution is 1.08. The molecule has 0 unspecified atom stereocenters. The van der Waals surface area contributed by atoms with Crippen LogP contribution in [0.5, 0.6) is 0 Å². The predicted octanol–water partition coefficient (Wildman–Crippen LogP) is 11.4. The first-order valence-electron chi connectivity index (χ1n) is 20.8. The van der Waals surface area contributed by atoms with Crippen molar-refractivity contribution in [1.82, 2.24) is 15.0 Å². The van der Waals surface area contributed by atoms with Crippen LogP contribution in [0.15, 0.2) is 237 Å². The molecule has 11 aromatic rings. The van der Waals surface area contributed by atoms with Crippen molar-refractivity contribution in [2.24, 2.45) is 0 Å². The van der Waals surface area contributed by atoms with Gasteiger partial charge in [-0.25, -0.2) is 15.0 Å². The van der Waals surface area contributed by atoms with Gasteiger partial charge >= 0.3 is 0 Å². The zero-order valence-electron chi connectivity index (χ0n) is 33.4. The van der Waals surface area contributed by atoms with Crippen LogP contribution < -0.4 is 20.7 Å². The summed E-state index contributed by atoms with van der Waals surface area (Å²) in [6, 6.07) is 85.3. The fraction of sp³-hybridized carbons (Fsp3) is 0. The van der Waals surface area contributed by atoms with Gasteiger partial charge in [0.1, 0.15) is 0 Å². The molecule has 0 fully saturated rings. The summed E-state index contributed by atoms with van der Waals surface area (Å²) in [4.78, 5) is 15.7. The number of rotatable bonds is 8. The Labute approximate surface area is 356 Å². The first kappa shape index (κ1) is 36.3. The summed E-state index contributed by atoms with van der Waals surface area (Å²) in [5, 5.41) is 12.5. The maximum Gasteiger partial charge on any atom is 0.179 e. The first-order chi connectivity index (χ1) is 30.3. The predicted molar refractivity (Wildman–Crippen MR) is 258 cm³/mol. The number of hydrogen-bond donors (Lipinski definition) is 0. The quantitative estimate of drug-likeness (QED) is 0.0874. The second-order valence-corrected chi connectivity index (χ2v) is 19.3. The normalized spacial score (nSPS) is 11.6. The number of nitrogens with zero attached hydrogens (tertiary/aromatic N) is 3. The summed E-state index contributed by atoms with van der Waals surface area (Å²) in [5.74, 6) is 1.92. The lowest BCUT2D eigenvalue weighted by Gasteiger charge is -2.34. The van der Waals surface area contributed by atoms with Gasteiger partial charge in [0, 0.05) is 22.1 Å². The van der Waals surface area contributed by atoms with E-state index in [1.54, 1.807) is 0 Å². The van der Waals surface area contributed by atoms with Gasteiger partial charge in [0.05, 0.1) is 0 Å².